The van der Waals surface area contributed by atoms with Crippen molar-refractivity contribution in [2.45, 2.75) is 27.2 Å². The Hall–Kier alpha value is -0.700. The predicted octanol–water partition coefficient (Wildman–Crippen LogP) is 3.88. The Bertz CT molecular complexity index is 334. The molecule has 1 rings (SSSR count). The highest BCUT2D eigenvalue weighted by molar-refractivity contribution is 9.10. The number of halogens is 1. The zero-order chi connectivity index (χ0) is 11.5. The number of nitrogen functional groups attached to an aromatic ring is 1. The molecule has 0 fully saturated rings. The van der Waals surface area contributed by atoms with Crippen molar-refractivity contribution in [1.82, 2.24) is 0 Å². The lowest BCUT2D eigenvalue weighted by atomic mass is 9.90. The molecule has 0 radical (unpaired) electrons. The van der Waals surface area contributed by atoms with Crippen LogP contribution in [0.2, 0.25) is 0 Å². The first kappa shape index (κ1) is 12.4. The van der Waals surface area contributed by atoms with Crippen molar-refractivity contribution in [2.24, 2.45) is 5.41 Å². The quantitative estimate of drug-likeness (QED) is 0.815. The minimum Gasteiger partial charge on any atom is -0.397 e. The van der Waals surface area contributed by atoms with Gasteiger partial charge in [-0.2, -0.15) is 0 Å². The van der Waals surface area contributed by atoms with Gasteiger partial charge < -0.3 is 11.1 Å². The Morgan fingerprint density at radius 1 is 1.40 bits per heavy atom. The molecule has 15 heavy (non-hydrogen) atoms. The molecule has 0 atom stereocenters. The lowest BCUT2D eigenvalue weighted by Crippen LogP contribution is -2.22. The molecule has 0 saturated carbocycles. The van der Waals surface area contributed by atoms with Gasteiger partial charge in [0.05, 0.1) is 11.4 Å². The summed E-state index contributed by atoms with van der Waals surface area (Å²) in [5.41, 5.74) is 7.98. The van der Waals surface area contributed by atoms with Crippen LogP contribution in [0.3, 0.4) is 0 Å². The van der Waals surface area contributed by atoms with E-state index in [1.165, 1.54) is 0 Å². The highest BCUT2D eigenvalue weighted by Crippen LogP contribution is 2.26. The molecule has 0 saturated heterocycles. The van der Waals surface area contributed by atoms with Crippen molar-refractivity contribution in [3.8, 4) is 0 Å². The van der Waals surface area contributed by atoms with Crippen LogP contribution >= 0.6 is 15.9 Å². The molecule has 1 aromatic rings. The van der Waals surface area contributed by atoms with Gasteiger partial charge in [-0.05, 0) is 30.0 Å². The Kier molecular flexibility index (Phi) is 4.03. The average molecular weight is 271 g/mol. The van der Waals surface area contributed by atoms with Crippen LogP contribution in [-0.4, -0.2) is 6.54 Å². The van der Waals surface area contributed by atoms with E-state index >= 15 is 0 Å². The molecule has 0 unspecified atom stereocenters. The molecule has 0 spiro atoms. The fourth-order valence-corrected chi connectivity index (χ4v) is 1.50. The van der Waals surface area contributed by atoms with E-state index in [2.05, 4.69) is 42.0 Å². The standard InChI is InChI=1S/C12H19BrN2/c1-4-12(2,3)8-15-11-7-9(13)5-6-10(11)14/h5-7,15H,4,8,14H2,1-3H3. The smallest absolute Gasteiger partial charge is 0.0585 e. The third-order valence-electron chi connectivity index (χ3n) is 2.73. The summed E-state index contributed by atoms with van der Waals surface area (Å²) in [5.74, 6) is 0. The lowest BCUT2D eigenvalue weighted by molar-refractivity contribution is 0.377. The summed E-state index contributed by atoms with van der Waals surface area (Å²) in [5, 5.41) is 3.39. The molecule has 84 valence electrons. The van der Waals surface area contributed by atoms with Crippen LogP contribution < -0.4 is 11.1 Å². The molecule has 0 aliphatic rings. The Morgan fingerprint density at radius 2 is 2.07 bits per heavy atom. The number of rotatable bonds is 4. The topological polar surface area (TPSA) is 38.0 Å². The number of nitrogens with two attached hydrogens (primary N) is 1. The van der Waals surface area contributed by atoms with Crippen LogP contribution in [0.15, 0.2) is 22.7 Å². The maximum absolute atomic E-state index is 5.88. The number of benzene rings is 1. The first-order valence-corrected chi connectivity index (χ1v) is 6.03. The molecule has 0 bridgehead atoms. The van der Waals surface area contributed by atoms with Gasteiger partial charge in [-0.15, -0.1) is 0 Å². The number of hydrogen-bond acceptors (Lipinski definition) is 2. The first-order valence-electron chi connectivity index (χ1n) is 5.23. The molecule has 0 aromatic heterocycles. The second-order valence-electron chi connectivity index (χ2n) is 4.60. The molecule has 0 aliphatic heterocycles. The summed E-state index contributed by atoms with van der Waals surface area (Å²) in [6.45, 7) is 7.62. The molecule has 0 aliphatic carbocycles. The third-order valence-corrected chi connectivity index (χ3v) is 3.22. The Labute approximate surface area is 100 Å². The van der Waals surface area contributed by atoms with E-state index in [1.54, 1.807) is 0 Å². The summed E-state index contributed by atoms with van der Waals surface area (Å²) in [6, 6.07) is 5.87. The van der Waals surface area contributed by atoms with Gasteiger partial charge in [-0.1, -0.05) is 36.7 Å². The first-order chi connectivity index (χ1) is 6.94. The van der Waals surface area contributed by atoms with Gasteiger partial charge in [0.2, 0.25) is 0 Å². The van der Waals surface area contributed by atoms with Crippen LogP contribution in [0, 0.1) is 5.41 Å². The van der Waals surface area contributed by atoms with Crippen molar-refractivity contribution in [3.63, 3.8) is 0 Å². The second-order valence-corrected chi connectivity index (χ2v) is 5.52. The number of anilines is 2. The van der Waals surface area contributed by atoms with Gasteiger partial charge in [0.25, 0.3) is 0 Å². The van der Waals surface area contributed by atoms with E-state index in [0.717, 1.165) is 28.8 Å². The van der Waals surface area contributed by atoms with Crippen molar-refractivity contribution in [2.75, 3.05) is 17.6 Å². The van der Waals surface area contributed by atoms with E-state index in [9.17, 15) is 0 Å². The van der Waals surface area contributed by atoms with Crippen LogP contribution in [0.1, 0.15) is 27.2 Å². The van der Waals surface area contributed by atoms with E-state index in [1.807, 2.05) is 18.2 Å². The van der Waals surface area contributed by atoms with Crippen molar-refractivity contribution >= 4 is 27.3 Å². The van der Waals surface area contributed by atoms with Crippen molar-refractivity contribution in [1.29, 1.82) is 0 Å². The summed E-state index contributed by atoms with van der Waals surface area (Å²) >= 11 is 3.44. The molecule has 2 nitrogen and oxygen atoms in total. The fraction of sp³-hybridized carbons (Fsp3) is 0.500. The highest BCUT2D eigenvalue weighted by atomic mass is 79.9. The van der Waals surface area contributed by atoms with E-state index in [-0.39, 0.29) is 0 Å². The van der Waals surface area contributed by atoms with Gasteiger partial charge in [-0.25, -0.2) is 0 Å². The largest absolute Gasteiger partial charge is 0.397 e. The minimum atomic E-state index is 0.300. The van der Waals surface area contributed by atoms with E-state index in [4.69, 9.17) is 5.73 Å². The molecule has 0 heterocycles. The molecule has 3 N–H and O–H groups in total. The Balaban J connectivity index is 2.69. The molecule has 1 aromatic carbocycles. The highest BCUT2D eigenvalue weighted by Gasteiger charge is 2.14. The fourth-order valence-electron chi connectivity index (χ4n) is 1.14. The zero-order valence-electron chi connectivity index (χ0n) is 9.60. The summed E-state index contributed by atoms with van der Waals surface area (Å²) in [6.07, 6.45) is 1.15. The minimum absolute atomic E-state index is 0.300. The van der Waals surface area contributed by atoms with Crippen LogP contribution in [0.4, 0.5) is 11.4 Å². The molecular formula is C12H19BrN2. The van der Waals surface area contributed by atoms with Crippen LogP contribution in [-0.2, 0) is 0 Å². The normalized spacial score (nSPS) is 11.5. The van der Waals surface area contributed by atoms with Crippen molar-refractivity contribution < 1.29 is 0 Å². The van der Waals surface area contributed by atoms with Crippen LogP contribution in [0.5, 0.6) is 0 Å². The second kappa shape index (κ2) is 4.88. The summed E-state index contributed by atoms with van der Waals surface area (Å²) in [7, 11) is 0. The summed E-state index contributed by atoms with van der Waals surface area (Å²) < 4.78 is 1.05. The predicted molar refractivity (Wildman–Crippen MR) is 71.1 cm³/mol. The summed E-state index contributed by atoms with van der Waals surface area (Å²) in [4.78, 5) is 0. The maximum Gasteiger partial charge on any atom is 0.0585 e. The SMILES string of the molecule is CCC(C)(C)CNc1cc(Br)ccc1N. The van der Waals surface area contributed by atoms with E-state index in [0.29, 0.717) is 5.41 Å². The van der Waals surface area contributed by atoms with Gasteiger partial charge in [0, 0.05) is 11.0 Å². The lowest BCUT2D eigenvalue weighted by Gasteiger charge is -2.24. The number of hydrogen-bond donors (Lipinski definition) is 2. The zero-order valence-corrected chi connectivity index (χ0v) is 11.2. The maximum atomic E-state index is 5.88. The third kappa shape index (κ3) is 3.74. The molecule has 3 heteroatoms. The van der Waals surface area contributed by atoms with Crippen LogP contribution in [0.25, 0.3) is 0 Å². The number of nitrogens with one attached hydrogen (secondary N) is 1. The average Bonchev–Trinajstić information content (AvgIpc) is 2.20. The van der Waals surface area contributed by atoms with Crippen molar-refractivity contribution in [3.05, 3.63) is 22.7 Å². The van der Waals surface area contributed by atoms with Gasteiger partial charge in [0.15, 0.2) is 0 Å². The molecule has 0 amide bonds. The van der Waals surface area contributed by atoms with Gasteiger partial charge in [0.1, 0.15) is 0 Å². The van der Waals surface area contributed by atoms with E-state index < -0.39 is 0 Å². The molecular weight excluding hydrogens is 252 g/mol. The Morgan fingerprint density at radius 3 is 2.67 bits per heavy atom. The van der Waals surface area contributed by atoms with Gasteiger partial charge >= 0.3 is 0 Å². The monoisotopic (exact) mass is 270 g/mol. The van der Waals surface area contributed by atoms with Gasteiger partial charge in [-0.3, -0.25) is 0 Å².